The lowest BCUT2D eigenvalue weighted by atomic mass is 10.2. The van der Waals surface area contributed by atoms with Crippen LogP contribution in [0.5, 0.6) is 0 Å². The number of imidazole rings is 1. The van der Waals surface area contributed by atoms with Crippen molar-refractivity contribution in [3.63, 3.8) is 0 Å². The first-order chi connectivity index (χ1) is 9.00. The van der Waals surface area contributed by atoms with Crippen LogP contribution >= 0.6 is 0 Å². The molecular formula is C10H17N5O3S. The number of oxime groups is 1. The molecule has 1 saturated heterocycles. The van der Waals surface area contributed by atoms with Gasteiger partial charge in [0.25, 0.3) is 10.0 Å². The molecule has 0 aliphatic carbocycles. The minimum atomic E-state index is -3.69. The molecule has 0 aromatic carbocycles. The van der Waals surface area contributed by atoms with Crippen LogP contribution in [0.1, 0.15) is 25.6 Å². The van der Waals surface area contributed by atoms with Gasteiger partial charge in [-0.15, -0.1) is 0 Å². The first kappa shape index (κ1) is 13.8. The van der Waals surface area contributed by atoms with Gasteiger partial charge in [0.1, 0.15) is 5.82 Å². The number of nitrogens with one attached hydrogen (secondary N) is 1. The molecule has 19 heavy (non-hydrogen) atoms. The Morgan fingerprint density at radius 3 is 3.05 bits per heavy atom. The molecule has 1 aliphatic rings. The van der Waals surface area contributed by atoms with Crippen LogP contribution in [0.4, 0.5) is 0 Å². The van der Waals surface area contributed by atoms with Gasteiger partial charge in [0, 0.05) is 13.0 Å². The number of rotatable bonds is 4. The van der Waals surface area contributed by atoms with Crippen molar-refractivity contribution < 1.29 is 13.6 Å². The van der Waals surface area contributed by atoms with Crippen molar-refractivity contribution in [2.24, 2.45) is 10.9 Å². The number of nitrogens with zero attached hydrogens (tertiary/aromatic N) is 3. The Balaban J connectivity index is 2.33. The van der Waals surface area contributed by atoms with Crippen LogP contribution < -0.4 is 5.73 Å². The Morgan fingerprint density at radius 2 is 2.47 bits per heavy atom. The van der Waals surface area contributed by atoms with Gasteiger partial charge in [0.15, 0.2) is 10.9 Å². The maximum absolute atomic E-state index is 12.5. The van der Waals surface area contributed by atoms with Crippen LogP contribution in [-0.4, -0.2) is 46.3 Å². The quantitative estimate of drug-likeness (QED) is 0.308. The molecular weight excluding hydrogens is 270 g/mol. The largest absolute Gasteiger partial charge is 0.409 e. The molecule has 0 radical (unpaired) electrons. The van der Waals surface area contributed by atoms with Crippen molar-refractivity contribution in [2.75, 3.05) is 6.54 Å². The van der Waals surface area contributed by atoms with E-state index >= 15 is 0 Å². The SMILES string of the molecule is CCc1ncc(S(=O)(=O)N2CCCC2C(N)=NO)[nH]1. The fraction of sp³-hybridized carbons (Fsp3) is 0.600. The van der Waals surface area contributed by atoms with Crippen LogP contribution in [-0.2, 0) is 16.4 Å². The van der Waals surface area contributed by atoms with Gasteiger partial charge in [-0.05, 0) is 12.8 Å². The van der Waals surface area contributed by atoms with Gasteiger partial charge in [0.2, 0.25) is 0 Å². The first-order valence-electron chi connectivity index (χ1n) is 6.03. The van der Waals surface area contributed by atoms with Gasteiger partial charge >= 0.3 is 0 Å². The number of nitrogens with two attached hydrogens (primary N) is 1. The average molecular weight is 287 g/mol. The van der Waals surface area contributed by atoms with Crippen molar-refractivity contribution in [1.82, 2.24) is 14.3 Å². The molecule has 0 spiro atoms. The van der Waals surface area contributed by atoms with E-state index < -0.39 is 16.1 Å². The zero-order chi connectivity index (χ0) is 14.0. The molecule has 1 aromatic rings. The summed E-state index contributed by atoms with van der Waals surface area (Å²) in [7, 11) is -3.69. The summed E-state index contributed by atoms with van der Waals surface area (Å²) in [4.78, 5) is 6.76. The monoisotopic (exact) mass is 287 g/mol. The molecule has 0 amide bonds. The van der Waals surface area contributed by atoms with Crippen molar-refractivity contribution in [2.45, 2.75) is 37.3 Å². The second-order valence-corrected chi connectivity index (χ2v) is 6.21. The Kier molecular flexibility index (Phi) is 3.76. The molecule has 106 valence electrons. The van der Waals surface area contributed by atoms with Gasteiger partial charge in [0.05, 0.1) is 12.2 Å². The zero-order valence-corrected chi connectivity index (χ0v) is 11.4. The Hall–Kier alpha value is -1.61. The summed E-state index contributed by atoms with van der Waals surface area (Å²) in [5.41, 5.74) is 5.54. The number of hydrogen-bond acceptors (Lipinski definition) is 5. The number of aromatic nitrogens is 2. The van der Waals surface area contributed by atoms with E-state index in [1.165, 1.54) is 10.5 Å². The second kappa shape index (κ2) is 5.17. The molecule has 1 fully saturated rings. The standard InChI is InChI=1S/C10H17N5O3S/c1-2-8-12-6-9(13-8)19(17,18)15-5-3-4-7(15)10(11)14-16/h6-7,16H,2-5H2,1H3,(H2,11,14)(H,12,13). The molecule has 0 bridgehead atoms. The van der Waals surface area contributed by atoms with Crippen LogP contribution in [0, 0.1) is 0 Å². The summed E-state index contributed by atoms with van der Waals surface area (Å²) in [5, 5.41) is 11.7. The second-order valence-electron chi connectivity index (χ2n) is 4.35. The first-order valence-corrected chi connectivity index (χ1v) is 7.47. The van der Waals surface area contributed by atoms with E-state index in [4.69, 9.17) is 10.9 Å². The number of amidine groups is 1. The molecule has 0 saturated carbocycles. The number of aromatic amines is 1. The normalized spacial score (nSPS) is 21.9. The van der Waals surface area contributed by atoms with E-state index in [9.17, 15) is 8.42 Å². The highest BCUT2D eigenvalue weighted by Gasteiger charge is 2.38. The van der Waals surface area contributed by atoms with Gasteiger partial charge in [-0.25, -0.2) is 13.4 Å². The Morgan fingerprint density at radius 1 is 1.74 bits per heavy atom. The molecule has 8 nitrogen and oxygen atoms in total. The number of aryl methyl sites for hydroxylation is 1. The van der Waals surface area contributed by atoms with E-state index in [0.29, 0.717) is 31.6 Å². The fourth-order valence-electron chi connectivity index (χ4n) is 2.17. The van der Waals surface area contributed by atoms with E-state index in [2.05, 4.69) is 15.1 Å². The Labute approximate surface area is 111 Å². The maximum atomic E-state index is 12.5. The van der Waals surface area contributed by atoms with E-state index in [0.717, 1.165) is 0 Å². The summed E-state index contributed by atoms with van der Waals surface area (Å²) in [6, 6.07) is -0.594. The zero-order valence-electron chi connectivity index (χ0n) is 10.6. The lowest BCUT2D eigenvalue weighted by molar-refractivity contribution is 0.311. The molecule has 1 aromatic heterocycles. The molecule has 1 atom stereocenters. The van der Waals surface area contributed by atoms with E-state index in [-0.39, 0.29) is 10.9 Å². The summed E-state index contributed by atoms with van der Waals surface area (Å²) >= 11 is 0. The van der Waals surface area contributed by atoms with Crippen LogP contribution in [0.3, 0.4) is 0 Å². The highest BCUT2D eigenvalue weighted by molar-refractivity contribution is 7.89. The molecule has 1 unspecified atom stereocenters. The van der Waals surface area contributed by atoms with Crippen molar-refractivity contribution in [3.8, 4) is 0 Å². The molecule has 9 heteroatoms. The summed E-state index contributed by atoms with van der Waals surface area (Å²) in [6.45, 7) is 2.23. The predicted octanol–water partition coefficient (Wildman–Crippen LogP) is -0.128. The average Bonchev–Trinajstić information content (AvgIpc) is 3.06. The van der Waals surface area contributed by atoms with Gasteiger partial charge in [-0.1, -0.05) is 12.1 Å². The van der Waals surface area contributed by atoms with Gasteiger partial charge in [-0.3, -0.25) is 0 Å². The predicted molar refractivity (Wildman–Crippen MR) is 68.3 cm³/mol. The highest BCUT2D eigenvalue weighted by atomic mass is 32.2. The fourth-order valence-corrected chi connectivity index (χ4v) is 3.77. The van der Waals surface area contributed by atoms with Gasteiger partial charge in [-0.2, -0.15) is 4.31 Å². The molecule has 2 rings (SSSR count). The van der Waals surface area contributed by atoms with Crippen LogP contribution in [0.25, 0.3) is 0 Å². The highest BCUT2D eigenvalue weighted by Crippen LogP contribution is 2.25. The minimum Gasteiger partial charge on any atom is -0.409 e. The molecule has 2 heterocycles. The van der Waals surface area contributed by atoms with Crippen LogP contribution in [0.2, 0.25) is 0 Å². The van der Waals surface area contributed by atoms with Crippen molar-refractivity contribution >= 4 is 15.9 Å². The van der Waals surface area contributed by atoms with E-state index in [1.54, 1.807) is 0 Å². The molecule has 4 N–H and O–H groups in total. The number of hydrogen-bond donors (Lipinski definition) is 3. The smallest absolute Gasteiger partial charge is 0.260 e. The maximum Gasteiger partial charge on any atom is 0.260 e. The third kappa shape index (κ3) is 2.43. The third-order valence-electron chi connectivity index (χ3n) is 3.19. The van der Waals surface area contributed by atoms with Crippen molar-refractivity contribution in [1.29, 1.82) is 0 Å². The minimum absolute atomic E-state index is 0.0435. The summed E-state index contributed by atoms with van der Waals surface area (Å²) in [6.07, 6.45) is 3.15. The van der Waals surface area contributed by atoms with Crippen LogP contribution in [0.15, 0.2) is 16.4 Å². The lowest BCUT2D eigenvalue weighted by Gasteiger charge is -2.21. The lowest BCUT2D eigenvalue weighted by Crippen LogP contribution is -2.43. The summed E-state index contributed by atoms with van der Waals surface area (Å²) in [5.74, 6) is 0.523. The summed E-state index contributed by atoms with van der Waals surface area (Å²) < 4.78 is 26.2. The topological polar surface area (TPSA) is 125 Å². The third-order valence-corrected chi connectivity index (χ3v) is 5.01. The number of sulfonamides is 1. The van der Waals surface area contributed by atoms with E-state index in [1.807, 2.05) is 6.92 Å². The van der Waals surface area contributed by atoms with Crippen molar-refractivity contribution in [3.05, 3.63) is 12.0 Å². The Bertz CT molecular complexity index is 580. The number of H-pyrrole nitrogens is 1. The molecule has 1 aliphatic heterocycles. The van der Waals surface area contributed by atoms with Gasteiger partial charge < -0.3 is 15.9 Å².